The number of hydrogen-bond acceptors (Lipinski definition) is 2. The third-order valence-corrected chi connectivity index (χ3v) is 3.92. The lowest BCUT2D eigenvalue weighted by Gasteiger charge is -2.33. The third-order valence-electron chi connectivity index (χ3n) is 3.92. The molecule has 1 atom stereocenters. The lowest BCUT2D eigenvalue weighted by atomic mass is 10.1. The van der Waals surface area contributed by atoms with Crippen LogP contribution in [-0.4, -0.2) is 12.0 Å². The minimum atomic E-state index is -4.41. The van der Waals surface area contributed by atoms with E-state index in [4.69, 9.17) is 4.74 Å². The highest BCUT2D eigenvalue weighted by Gasteiger charge is 2.33. The number of benzene rings is 2. The summed E-state index contributed by atoms with van der Waals surface area (Å²) in [6, 6.07) is 10.5. The molecule has 0 aliphatic carbocycles. The summed E-state index contributed by atoms with van der Waals surface area (Å²) in [7, 11) is 0. The molecule has 3 nitrogen and oxygen atoms in total. The van der Waals surface area contributed by atoms with E-state index in [0.29, 0.717) is 17.0 Å². The molecule has 1 unspecified atom stereocenters. The predicted molar refractivity (Wildman–Crippen MR) is 83.9 cm³/mol. The van der Waals surface area contributed by atoms with Gasteiger partial charge in [0.25, 0.3) is 5.91 Å². The molecule has 24 heavy (non-hydrogen) atoms. The van der Waals surface area contributed by atoms with Gasteiger partial charge in [0.05, 0.1) is 17.8 Å². The summed E-state index contributed by atoms with van der Waals surface area (Å²) in [6.07, 6.45) is -5.08. The Balaban J connectivity index is 1.98. The van der Waals surface area contributed by atoms with E-state index in [9.17, 15) is 18.0 Å². The van der Waals surface area contributed by atoms with E-state index >= 15 is 0 Å². The normalized spacial score (nSPS) is 17.5. The van der Waals surface area contributed by atoms with Crippen LogP contribution < -0.4 is 9.64 Å². The summed E-state index contributed by atoms with van der Waals surface area (Å²) in [5, 5.41) is 0. The van der Waals surface area contributed by atoms with Gasteiger partial charge in [-0.1, -0.05) is 18.2 Å². The first-order valence-corrected chi connectivity index (χ1v) is 7.50. The van der Waals surface area contributed by atoms with Crippen molar-refractivity contribution in [3.63, 3.8) is 0 Å². The van der Waals surface area contributed by atoms with Gasteiger partial charge in [-0.3, -0.25) is 4.79 Å². The molecule has 3 rings (SSSR count). The SMILES string of the molecule is Cc1ccc2c(c1)N(Cc1cccc(C(F)(F)F)c1)C(=O)C(C)O2. The Kier molecular flexibility index (Phi) is 3.99. The Hall–Kier alpha value is -2.50. The Morgan fingerprint density at radius 3 is 2.62 bits per heavy atom. The first kappa shape index (κ1) is 16.4. The summed E-state index contributed by atoms with van der Waals surface area (Å²) < 4.78 is 44.2. The van der Waals surface area contributed by atoms with Crippen molar-refractivity contribution in [1.29, 1.82) is 0 Å². The Labute approximate surface area is 137 Å². The van der Waals surface area contributed by atoms with Crippen molar-refractivity contribution in [3.05, 3.63) is 59.2 Å². The maximum Gasteiger partial charge on any atom is 0.416 e. The second-order valence-electron chi connectivity index (χ2n) is 5.85. The molecule has 1 amide bonds. The van der Waals surface area contributed by atoms with Gasteiger partial charge in [0.15, 0.2) is 6.10 Å². The van der Waals surface area contributed by atoms with E-state index in [-0.39, 0.29) is 12.5 Å². The largest absolute Gasteiger partial charge is 0.479 e. The summed E-state index contributed by atoms with van der Waals surface area (Å²) in [6.45, 7) is 3.57. The van der Waals surface area contributed by atoms with Crippen molar-refractivity contribution in [1.82, 2.24) is 0 Å². The van der Waals surface area contributed by atoms with Crippen LogP contribution in [0.4, 0.5) is 18.9 Å². The van der Waals surface area contributed by atoms with Crippen LogP contribution in [0, 0.1) is 6.92 Å². The van der Waals surface area contributed by atoms with Crippen LogP contribution >= 0.6 is 0 Å². The number of hydrogen-bond donors (Lipinski definition) is 0. The molecular formula is C18H16F3NO2. The number of alkyl halides is 3. The molecule has 0 aromatic heterocycles. The highest BCUT2D eigenvalue weighted by molar-refractivity contribution is 5.99. The van der Waals surface area contributed by atoms with Crippen LogP contribution in [0.2, 0.25) is 0 Å². The molecule has 126 valence electrons. The van der Waals surface area contributed by atoms with Gasteiger partial charge in [-0.25, -0.2) is 0 Å². The molecule has 0 saturated carbocycles. The summed E-state index contributed by atoms with van der Waals surface area (Å²) in [5.41, 5.74) is 1.21. The molecule has 0 spiro atoms. The van der Waals surface area contributed by atoms with Gasteiger partial charge in [-0.05, 0) is 49.2 Å². The van der Waals surface area contributed by atoms with Crippen molar-refractivity contribution < 1.29 is 22.7 Å². The van der Waals surface area contributed by atoms with Crippen molar-refractivity contribution in [2.45, 2.75) is 32.7 Å². The number of ether oxygens (including phenoxy) is 1. The molecule has 6 heteroatoms. The van der Waals surface area contributed by atoms with E-state index in [2.05, 4.69) is 0 Å². The minimum Gasteiger partial charge on any atom is -0.479 e. The maximum atomic E-state index is 12.9. The fourth-order valence-corrected chi connectivity index (χ4v) is 2.71. The Morgan fingerprint density at radius 2 is 1.92 bits per heavy atom. The van der Waals surface area contributed by atoms with Crippen molar-refractivity contribution in [2.75, 3.05) is 4.90 Å². The minimum absolute atomic E-state index is 0.0624. The number of fused-ring (bicyclic) bond motifs is 1. The number of amides is 1. The molecule has 0 saturated heterocycles. The molecule has 1 aliphatic rings. The highest BCUT2D eigenvalue weighted by atomic mass is 19.4. The number of carbonyl (C=O) groups is 1. The monoisotopic (exact) mass is 335 g/mol. The Morgan fingerprint density at radius 1 is 1.17 bits per heavy atom. The molecule has 0 bridgehead atoms. The summed E-state index contributed by atoms with van der Waals surface area (Å²) in [4.78, 5) is 13.9. The number of aryl methyl sites for hydroxylation is 1. The standard InChI is InChI=1S/C18H16F3NO2/c1-11-6-7-16-15(8-11)22(17(23)12(2)24-16)10-13-4-3-5-14(9-13)18(19,20)21/h3-9,12H,10H2,1-2H3. The number of rotatable bonds is 2. The number of carbonyl (C=O) groups excluding carboxylic acids is 1. The summed E-state index contributed by atoms with van der Waals surface area (Å²) >= 11 is 0. The van der Waals surface area contributed by atoms with Crippen molar-refractivity contribution in [2.24, 2.45) is 0 Å². The van der Waals surface area contributed by atoms with Gasteiger partial charge in [0.1, 0.15) is 5.75 Å². The van der Waals surface area contributed by atoms with Gasteiger partial charge in [-0.15, -0.1) is 0 Å². The molecule has 0 fully saturated rings. The van der Waals surface area contributed by atoms with E-state index in [1.54, 1.807) is 25.1 Å². The average Bonchev–Trinajstić information content (AvgIpc) is 2.52. The zero-order valence-corrected chi connectivity index (χ0v) is 13.2. The number of halogens is 3. The molecule has 1 heterocycles. The lowest BCUT2D eigenvalue weighted by Crippen LogP contribution is -2.44. The first-order valence-electron chi connectivity index (χ1n) is 7.50. The van der Waals surface area contributed by atoms with Crippen LogP contribution in [-0.2, 0) is 17.5 Å². The summed E-state index contributed by atoms with van der Waals surface area (Å²) in [5.74, 6) is 0.283. The maximum absolute atomic E-state index is 12.9. The lowest BCUT2D eigenvalue weighted by molar-refractivity contribution is -0.137. The van der Waals surface area contributed by atoms with Crippen LogP contribution in [0.15, 0.2) is 42.5 Å². The van der Waals surface area contributed by atoms with Gasteiger partial charge in [-0.2, -0.15) is 13.2 Å². The van der Waals surface area contributed by atoms with Crippen LogP contribution in [0.3, 0.4) is 0 Å². The quantitative estimate of drug-likeness (QED) is 0.818. The second-order valence-corrected chi connectivity index (χ2v) is 5.85. The molecule has 2 aromatic rings. The molecule has 0 N–H and O–H groups in total. The first-order chi connectivity index (χ1) is 11.3. The predicted octanol–water partition coefficient (Wildman–Crippen LogP) is 4.33. The number of anilines is 1. The van der Waals surface area contributed by atoms with E-state index in [1.807, 2.05) is 13.0 Å². The fourth-order valence-electron chi connectivity index (χ4n) is 2.71. The smallest absolute Gasteiger partial charge is 0.416 e. The second kappa shape index (κ2) is 5.85. The van der Waals surface area contributed by atoms with Crippen molar-refractivity contribution in [3.8, 4) is 5.75 Å². The van der Waals surface area contributed by atoms with Crippen LogP contribution in [0.25, 0.3) is 0 Å². The van der Waals surface area contributed by atoms with Crippen LogP contribution in [0.1, 0.15) is 23.6 Å². The van der Waals surface area contributed by atoms with Crippen LogP contribution in [0.5, 0.6) is 5.75 Å². The fraction of sp³-hybridized carbons (Fsp3) is 0.278. The van der Waals surface area contributed by atoms with Gasteiger partial charge < -0.3 is 9.64 Å². The average molecular weight is 335 g/mol. The van der Waals surface area contributed by atoms with Crippen molar-refractivity contribution >= 4 is 11.6 Å². The zero-order valence-electron chi connectivity index (χ0n) is 13.2. The van der Waals surface area contributed by atoms with Gasteiger partial charge in [0.2, 0.25) is 0 Å². The molecule has 0 radical (unpaired) electrons. The molecular weight excluding hydrogens is 319 g/mol. The zero-order chi connectivity index (χ0) is 17.5. The third kappa shape index (κ3) is 3.09. The molecule has 1 aliphatic heterocycles. The van der Waals surface area contributed by atoms with E-state index in [0.717, 1.165) is 17.7 Å². The Bertz CT molecular complexity index is 786. The highest BCUT2D eigenvalue weighted by Crippen LogP contribution is 2.36. The molecule has 2 aromatic carbocycles. The number of nitrogens with zero attached hydrogens (tertiary/aromatic N) is 1. The van der Waals surface area contributed by atoms with E-state index < -0.39 is 17.8 Å². The van der Waals surface area contributed by atoms with E-state index in [1.165, 1.54) is 11.0 Å². The topological polar surface area (TPSA) is 29.5 Å². The van der Waals surface area contributed by atoms with Gasteiger partial charge in [0, 0.05) is 0 Å². The van der Waals surface area contributed by atoms with Gasteiger partial charge >= 0.3 is 6.18 Å².